The topological polar surface area (TPSA) is 6.48 Å². The van der Waals surface area contributed by atoms with E-state index in [1.807, 2.05) is 0 Å². The molecule has 8 aromatic carbocycles. The van der Waals surface area contributed by atoms with Crippen LogP contribution in [0.1, 0.15) is 5.56 Å². The van der Waals surface area contributed by atoms with Crippen molar-refractivity contribution in [2.45, 2.75) is 26.6 Å². The average Bonchev–Trinajstić information content (AvgIpc) is 3.09. The van der Waals surface area contributed by atoms with Crippen molar-refractivity contribution >= 4 is 79.7 Å². The fraction of sp³-hybridized carbons (Fsp3) is 0.0909. The molecule has 228 valence electrons. The van der Waals surface area contributed by atoms with Gasteiger partial charge in [0.1, 0.15) is 0 Å². The van der Waals surface area contributed by atoms with Crippen molar-refractivity contribution in [1.29, 1.82) is 0 Å². The van der Waals surface area contributed by atoms with E-state index >= 15 is 0 Å². The van der Waals surface area contributed by atoms with Gasteiger partial charge in [0, 0.05) is 33.5 Å². The van der Waals surface area contributed by atoms with Crippen molar-refractivity contribution in [3.05, 3.63) is 163 Å². The Labute approximate surface area is 278 Å². The fourth-order valence-electron chi connectivity index (χ4n) is 7.05. The summed E-state index contributed by atoms with van der Waals surface area (Å²) < 4.78 is 0. The lowest BCUT2D eigenvalue weighted by Crippen LogP contribution is -2.37. The normalized spacial score (nSPS) is 11.8. The molecule has 0 aromatic heterocycles. The summed E-state index contributed by atoms with van der Waals surface area (Å²) in [5, 5.41) is 9.07. The number of anilines is 6. The molecule has 0 unspecified atom stereocenters. The highest BCUT2D eigenvalue weighted by atomic mass is 28.3. The van der Waals surface area contributed by atoms with Crippen molar-refractivity contribution in [2.75, 3.05) is 9.80 Å². The molecule has 0 fully saturated rings. The molecule has 8 aromatic rings. The zero-order valence-electron chi connectivity index (χ0n) is 27.4. The standard InChI is InChI=1S/C44H38N2Si/c1-31-13-11-18-36(29-31)45(34-14-7-5-8-15-34)41-27-23-32-22-26-40-42(28-24-33-21-25-39(41)43(32)44(33)40)46(35-16-9-6-10-17-35)37-19-12-20-38(30-37)47(2,3)4/h5-30H,1-4H3. The Bertz CT molecular complexity index is 2360. The summed E-state index contributed by atoms with van der Waals surface area (Å²) in [6.07, 6.45) is 0. The fourth-order valence-corrected chi connectivity index (χ4v) is 8.22. The monoisotopic (exact) mass is 622 g/mol. The molecule has 0 aliphatic heterocycles. The highest BCUT2D eigenvalue weighted by molar-refractivity contribution is 6.88. The van der Waals surface area contributed by atoms with Crippen LogP contribution in [0.5, 0.6) is 0 Å². The van der Waals surface area contributed by atoms with Gasteiger partial charge in [-0.3, -0.25) is 0 Å². The van der Waals surface area contributed by atoms with Crippen LogP contribution in [-0.4, -0.2) is 8.07 Å². The molecule has 0 bridgehead atoms. The number of hydrogen-bond donors (Lipinski definition) is 0. The van der Waals surface area contributed by atoms with Crippen LogP contribution in [0.25, 0.3) is 32.3 Å². The number of aryl methyl sites for hydroxylation is 1. The van der Waals surface area contributed by atoms with E-state index in [1.54, 1.807) is 0 Å². The molecule has 0 amide bonds. The molecule has 2 nitrogen and oxygen atoms in total. The lowest BCUT2D eigenvalue weighted by Gasteiger charge is -2.30. The molecule has 47 heavy (non-hydrogen) atoms. The summed E-state index contributed by atoms with van der Waals surface area (Å²) in [7, 11) is -1.53. The first-order chi connectivity index (χ1) is 22.9. The zero-order chi connectivity index (χ0) is 32.1. The molecule has 0 aliphatic carbocycles. The largest absolute Gasteiger partial charge is 0.310 e. The second-order valence-corrected chi connectivity index (χ2v) is 18.7. The van der Waals surface area contributed by atoms with E-state index in [0.29, 0.717) is 0 Å². The maximum atomic E-state index is 2.44. The molecule has 0 radical (unpaired) electrons. The first-order valence-electron chi connectivity index (χ1n) is 16.4. The number of rotatable bonds is 7. The smallest absolute Gasteiger partial charge is 0.0776 e. The number of benzene rings is 8. The van der Waals surface area contributed by atoms with Crippen molar-refractivity contribution in [3.63, 3.8) is 0 Å². The van der Waals surface area contributed by atoms with Gasteiger partial charge in [-0.2, -0.15) is 0 Å². The van der Waals surface area contributed by atoms with E-state index in [2.05, 4.69) is 194 Å². The van der Waals surface area contributed by atoms with Gasteiger partial charge in [0.05, 0.1) is 19.4 Å². The Hall–Kier alpha value is -5.38. The van der Waals surface area contributed by atoms with Crippen molar-refractivity contribution < 1.29 is 0 Å². The molecule has 0 heterocycles. The van der Waals surface area contributed by atoms with Gasteiger partial charge in [-0.1, -0.05) is 122 Å². The van der Waals surface area contributed by atoms with E-state index in [4.69, 9.17) is 0 Å². The van der Waals surface area contributed by atoms with Gasteiger partial charge in [0.25, 0.3) is 0 Å². The minimum Gasteiger partial charge on any atom is -0.310 e. The van der Waals surface area contributed by atoms with Gasteiger partial charge in [0.15, 0.2) is 0 Å². The summed E-state index contributed by atoms with van der Waals surface area (Å²) in [5.41, 5.74) is 8.26. The maximum Gasteiger partial charge on any atom is 0.0776 e. The highest BCUT2D eigenvalue weighted by Gasteiger charge is 2.23. The van der Waals surface area contributed by atoms with Crippen LogP contribution in [-0.2, 0) is 0 Å². The lowest BCUT2D eigenvalue weighted by atomic mass is 9.91. The highest BCUT2D eigenvalue weighted by Crippen LogP contribution is 2.47. The third kappa shape index (κ3) is 5.13. The van der Waals surface area contributed by atoms with Gasteiger partial charge in [-0.05, 0) is 94.7 Å². The molecular weight excluding hydrogens is 585 g/mol. The summed E-state index contributed by atoms with van der Waals surface area (Å²) in [5.74, 6) is 0. The molecule has 0 N–H and O–H groups in total. The third-order valence-corrected chi connectivity index (χ3v) is 11.4. The summed E-state index contributed by atoms with van der Waals surface area (Å²) >= 11 is 0. The van der Waals surface area contributed by atoms with Crippen LogP contribution in [0.3, 0.4) is 0 Å². The average molecular weight is 623 g/mol. The lowest BCUT2D eigenvalue weighted by molar-refractivity contribution is 1.28. The van der Waals surface area contributed by atoms with Gasteiger partial charge in [0.2, 0.25) is 0 Å². The van der Waals surface area contributed by atoms with Gasteiger partial charge in [-0.15, -0.1) is 0 Å². The summed E-state index contributed by atoms with van der Waals surface area (Å²) in [6.45, 7) is 9.42. The Balaban J connectivity index is 1.40. The number of hydrogen-bond acceptors (Lipinski definition) is 2. The first kappa shape index (κ1) is 29.0. The second-order valence-electron chi connectivity index (χ2n) is 13.6. The quantitative estimate of drug-likeness (QED) is 0.129. The van der Waals surface area contributed by atoms with Crippen LogP contribution < -0.4 is 15.0 Å². The maximum absolute atomic E-state index is 2.44. The summed E-state index contributed by atoms with van der Waals surface area (Å²) in [6, 6.07) is 58.0. The zero-order valence-corrected chi connectivity index (χ0v) is 28.4. The van der Waals surface area contributed by atoms with Crippen LogP contribution in [0.2, 0.25) is 19.6 Å². The predicted octanol–water partition coefficient (Wildman–Crippen LogP) is 12.4. The predicted molar refractivity (Wildman–Crippen MR) is 207 cm³/mol. The van der Waals surface area contributed by atoms with Crippen LogP contribution in [0.4, 0.5) is 34.1 Å². The molecule has 0 aliphatic rings. The minimum absolute atomic E-state index is 1.14. The van der Waals surface area contributed by atoms with E-state index in [9.17, 15) is 0 Å². The minimum atomic E-state index is -1.53. The molecule has 8 rings (SSSR count). The van der Waals surface area contributed by atoms with Crippen molar-refractivity contribution in [3.8, 4) is 0 Å². The Morgan fingerprint density at radius 1 is 0.404 bits per heavy atom. The van der Waals surface area contributed by atoms with Crippen LogP contribution >= 0.6 is 0 Å². The molecule has 0 atom stereocenters. The molecule has 0 saturated heterocycles. The van der Waals surface area contributed by atoms with Crippen LogP contribution in [0, 0.1) is 6.92 Å². The van der Waals surface area contributed by atoms with E-state index in [0.717, 1.165) is 17.1 Å². The third-order valence-electron chi connectivity index (χ3n) is 9.36. The van der Waals surface area contributed by atoms with Gasteiger partial charge < -0.3 is 9.80 Å². The summed E-state index contributed by atoms with van der Waals surface area (Å²) in [4.78, 5) is 4.84. The SMILES string of the molecule is Cc1cccc(N(c2ccccc2)c2ccc3ccc4c(N(c5ccccc5)c5cccc([Si](C)(C)C)c5)ccc5ccc2c3c54)c1. The molecular formula is C44H38N2Si. The Kier molecular flexibility index (Phi) is 7.08. The molecule has 0 saturated carbocycles. The van der Waals surface area contributed by atoms with Gasteiger partial charge in [-0.25, -0.2) is 0 Å². The van der Waals surface area contributed by atoms with E-state index in [-0.39, 0.29) is 0 Å². The number of nitrogens with zero attached hydrogens (tertiary/aromatic N) is 2. The van der Waals surface area contributed by atoms with Gasteiger partial charge >= 0.3 is 0 Å². The first-order valence-corrected chi connectivity index (χ1v) is 19.9. The molecule has 3 heteroatoms. The second kappa shape index (κ2) is 11.4. The van der Waals surface area contributed by atoms with Crippen molar-refractivity contribution in [2.24, 2.45) is 0 Å². The Morgan fingerprint density at radius 3 is 1.34 bits per heavy atom. The van der Waals surface area contributed by atoms with E-state index < -0.39 is 8.07 Å². The molecule has 0 spiro atoms. The van der Waals surface area contributed by atoms with E-state index in [1.165, 1.54) is 60.1 Å². The number of para-hydroxylation sites is 2. The Morgan fingerprint density at radius 2 is 0.851 bits per heavy atom. The van der Waals surface area contributed by atoms with Crippen LogP contribution in [0.15, 0.2) is 158 Å². The van der Waals surface area contributed by atoms with Crippen molar-refractivity contribution in [1.82, 2.24) is 0 Å².